The van der Waals surface area contributed by atoms with Gasteiger partial charge in [-0.3, -0.25) is 4.79 Å². The van der Waals surface area contributed by atoms with Crippen LogP contribution in [0.15, 0.2) is 42.6 Å². The summed E-state index contributed by atoms with van der Waals surface area (Å²) in [7, 11) is 0. The van der Waals surface area contributed by atoms with Crippen molar-refractivity contribution in [2.45, 2.75) is 0 Å². The van der Waals surface area contributed by atoms with Gasteiger partial charge in [0.25, 0.3) is 5.91 Å². The van der Waals surface area contributed by atoms with Crippen molar-refractivity contribution >= 4 is 11.7 Å². The fourth-order valence-electron chi connectivity index (χ4n) is 2.36. The molecule has 8 heteroatoms. The lowest BCUT2D eigenvalue weighted by atomic mass is 10.1. The van der Waals surface area contributed by atoms with Crippen LogP contribution in [-0.4, -0.2) is 39.5 Å². The Kier molecular flexibility index (Phi) is 3.54. The van der Waals surface area contributed by atoms with E-state index in [9.17, 15) is 4.79 Å². The van der Waals surface area contributed by atoms with Crippen LogP contribution < -0.4 is 14.8 Å². The molecule has 1 aromatic carbocycles. The first-order valence-corrected chi connectivity index (χ1v) is 7.34. The number of hydrogen-bond donors (Lipinski definition) is 2. The summed E-state index contributed by atoms with van der Waals surface area (Å²) >= 11 is 0. The number of benzene rings is 1. The number of pyridine rings is 1. The molecule has 1 aliphatic heterocycles. The quantitative estimate of drug-likeness (QED) is 0.763. The minimum atomic E-state index is -0.379. The number of amides is 1. The number of nitrogens with zero attached hydrogens (tertiary/aromatic N) is 3. The Morgan fingerprint density at radius 3 is 2.83 bits per heavy atom. The van der Waals surface area contributed by atoms with Gasteiger partial charge in [-0.05, 0) is 30.3 Å². The van der Waals surface area contributed by atoms with E-state index in [0.29, 0.717) is 30.5 Å². The fraction of sp³-hybridized carbons (Fsp3) is 0.125. The molecule has 120 valence electrons. The maximum Gasteiger partial charge on any atom is 0.278 e. The van der Waals surface area contributed by atoms with Crippen molar-refractivity contribution in [1.82, 2.24) is 20.4 Å². The molecule has 0 unspecified atom stereocenters. The van der Waals surface area contributed by atoms with Crippen LogP contribution >= 0.6 is 0 Å². The second-order valence-electron chi connectivity index (χ2n) is 5.08. The van der Waals surface area contributed by atoms with Crippen molar-refractivity contribution in [1.29, 1.82) is 0 Å². The van der Waals surface area contributed by atoms with Crippen molar-refractivity contribution in [3.05, 3.63) is 48.3 Å². The number of fused-ring (bicyclic) bond motifs is 1. The number of aromatic nitrogens is 4. The number of anilines is 1. The van der Waals surface area contributed by atoms with Gasteiger partial charge in [-0.25, -0.2) is 4.98 Å². The van der Waals surface area contributed by atoms with E-state index in [1.54, 1.807) is 6.07 Å². The largest absolute Gasteiger partial charge is 0.486 e. The number of nitrogens with one attached hydrogen (secondary N) is 2. The van der Waals surface area contributed by atoms with Crippen molar-refractivity contribution in [3.8, 4) is 22.8 Å². The molecule has 0 atom stereocenters. The number of hydrogen-bond acceptors (Lipinski definition) is 6. The highest BCUT2D eigenvalue weighted by molar-refractivity contribution is 6.02. The second kappa shape index (κ2) is 5.99. The molecule has 2 N–H and O–H groups in total. The Labute approximate surface area is 136 Å². The summed E-state index contributed by atoms with van der Waals surface area (Å²) in [6, 6.07) is 11.0. The van der Waals surface area contributed by atoms with E-state index in [1.807, 2.05) is 30.3 Å². The molecule has 0 aliphatic carbocycles. The molecule has 0 radical (unpaired) electrons. The Morgan fingerprint density at radius 2 is 2.00 bits per heavy atom. The molecule has 24 heavy (non-hydrogen) atoms. The summed E-state index contributed by atoms with van der Waals surface area (Å²) in [6.45, 7) is 1.08. The topological polar surface area (TPSA) is 102 Å². The summed E-state index contributed by atoms with van der Waals surface area (Å²) in [5, 5.41) is 12.4. The van der Waals surface area contributed by atoms with Crippen LogP contribution in [0, 0.1) is 0 Å². The Morgan fingerprint density at radius 1 is 1.12 bits per heavy atom. The average Bonchev–Trinajstić information content (AvgIpc) is 3.16. The lowest BCUT2D eigenvalue weighted by Gasteiger charge is -2.18. The Bertz CT molecular complexity index is 879. The number of ether oxygens (including phenoxy) is 2. The molecule has 0 saturated carbocycles. The molecule has 3 heterocycles. The summed E-state index contributed by atoms with van der Waals surface area (Å²) < 4.78 is 11.1. The van der Waals surface area contributed by atoms with Crippen LogP contribution in [0.1, 0.15) is 10.5 Å². The van der Waals surface area contributed by atoms with Gasteiger partial charge < -0.3 is 14.8 Å². The Hall–Kier alpha value is -3.42. The SMILES string of the molecule is O=C(Nc1cccc(-c2ccc3c(c2)OCCO3)n1)c1cn[nH]n1. The minimum absolute atomic E-state index is 0.196. The van der Waals surface area contributed by atoms with Crippen LogP contribution in [0.4, 0.5) is 5.82 Å². The molecular formula is C16H13N5O3. The van der Waals surface area contributed by atoms with Crippen molar-refractivity contribution in [2.75, 3.05) is 18.5 Å². The molecule has 0 fully saturated rings. The molecule has 3 aromatic rings. The summed E-state index contributed by atoms with van der Waals surface area (Å²) in [5.74, 6) is 1.46. The van der Waals surface area contributed by atoms with Gasteiger partial charge in [-0.2, -0.15) is 15.4 Å². The van der Waals surface area contributed by atoms with E-state index in [-0.39, 0.29) is 11.6 Å². The maximum atomic E-state index is 12.0. The Balaban J connectivity index is 1.59. The van der Waals surface area contributed by atoms with Crippen LogP contribution in [0.25, 0.3) is 11.3 Å². The average molecular weight is 323 g/mol. The first-order valence-electron chi connectivity index (χ1n) is 7.34. The number of rotatable bonds is 3. The van der Waals surface area contributed by atoms with E-state index < -0.39 is 0 Å². The van der Waals surface area contributed by atoms with Gasteiger partial charge in [0.1, 0.15) is 19.0 Å². The first-order chi connectivity index (χ1) is 11.8. The van der Waals surface area contributed by atoms with Gasteiger partial charge in [0.2, 0.25) is 0 Å². The number of H-pyrrole nitrogens is 1. The van der Waals surface area contributed by atoms with Crippen molar-refractivity contribution in [3.63, 3.8) is 0 Å². The third-order valence-corrected chi connectivity index (χ3v) is 3.48. The summed E-state index contributed by atoms with van der Waals surface area (Å²) in [6.07, 6.45) is 1.35. The molecule has 0 spiro atoms. The predicted molar refractivity (Wildman–Crippen MR) is 85.0 cm³/mol. The lowest BCUT2D eigenvalue weighted by molar-refractivity contribution is 0.102. The van der Waals surface area contributed by atoms with Crippen molar-refractivity contribution in [2.24, 2.45) is 0 Å². The molecule has 4 rings (SSSR count). The molecule has 8 nitrogen and oxygen atoms in total. The van der Waals surface area contributed by atoms with Crippen LogP contribution in [0.2, 0.25) is 0 Å². The van der Waals surface area contributed by atoms with E-state index in [0.717, 1.165) is 11.3 Å². The highest BCUT2D eigenvalue weighted by Crippen LogP contribution is 2.34. The van der Waals surface area contributed by atoms with E-state index in [1.165, 1.54) is 6.20 Å². The van der Waals surface area contributed by atoms with E-state index in [4.69, 9.17) is 9.47 Å². The zero-order valence-electron chi connectivity index (χ0n) is 12.5. The van der Waals surface area contributed by atoms with Gasteiger partial charge in [-0.1, -0.05) is 6.07 Å². The monoisotopic (exact) mass is 323 g/mol. The fourth-order valence-corrected chi connectivity index (χ4v) is 2.36. The van der Waals surface area contributed by atoms with E-state index >= 15 is 0 Å². The number of carbonyl (C=O) groups is 1. The highest BCUT2D eigenvalue weighted by atomic mass is 16.6. The maximum absolute atomic E-state index is 12.0. The van der Waals surface area contributed by atoms with Crippen LogP contribution in [-0.2, 0) is 0 Å². The van der Waals surface area contributed by atoms with Gasteiger partial charge in [0, 0.05) is 5.56 Å². The zero-order chi connectivity index (χ0) is 16.4. The standard InChI is InChI=1S/C16H13N5O3/c22-16(12-9-17-21-20-12)19-15-3-1-2-11(18-15)10-4-5-13-14(8-10)24-7-6-23-13/h1-5,8-9H,6-7H2,(H,17,20,21)(H,18,19,22). The van der Waals surface area contributed by atoms with Gasteiger partial charge in [-0.15, -0.1) is 0 Å². The smallest absolute Gasteiger partial charge is 0.278 e. The lowest BCUT2D eigenvalue weighted by Crippen LogP contribution is -2.15. The van der Waals surface area contributed by atoms with Crippen molar-refractivity contribution < 1.29 is 14.3 Å². The minimum Gasteiger partial charge on any atom is -0.486 e. The van der Waals surface area contributed by atoms with E-state index in [2.05, 4.69) is 25.7 Å². The van der Waals surface area contributed by atoms with Gasteiger partial charge >= 0.3 is 0 Å². The molecule has 2 aromatic heterocycles. The normalized spacial score (nSPS) is 12.7. The first kappa shape index (κ1) is 14.2. The van der Waals surface area contributed by atoms with Crippen LogP contribution in [0.3, 0.4) is 0 Å². The molecule has 1 amide bonds. The summed E-state index contributed by atoms with van der Waals surface area (Å²) in [5.41, 5.74) is 1.78. The van der Waals surface area contributed by atoms with Gasteiger partial charge in [0.15, 0.2) is 17.2 Å². The predicted octanol–water partition coefficient (Wildman–Crippen LogP) is 1.89. The molecule has 0 bridgehead atoms. The van der Waals surface area contributed by atoms with Crippen LogP contribution in [0.5, 0.6) is 11.5 Å². The number of carbonyl (C=O) groups excluding carboxylic acids is 1. The van der Waals surface area contributed by atoms with Gasteiger partial charge in [0.05, 0.1) is 11.9 Å². The summed E-state index contributed by atoms with van der Waals surface area (Å²) in [4.78, 5) is 16.5. The third kappa shape index (κ3) is 2.76. The second-order valence-corrected chi connectivity index (χ2v) is 5.08. The zero-order valence-corrected chi connectivity index (χ0v) is 12.5. The highest BCUT2D eigenvalue weighted by Gasteiger charge is 2.14. The number of aromatic amines is 1. The molecule has 1 aliphatic rings. The third-order valence-electron chi connectivity index (χ3n) is 3.48. The molecular weight excluding hydrogens is 310 g/mol. The molecule has 0 saturated heterocycles.